The van der Waals surface area contributed by atoms with Crippen LogP contribution in [0.4, 0.5) is 5.69 Å². The lowest BCUT2D eigenvalue weighted by atomic mass is 10.3. The molecule has 1 amide bonds. The standard InChI is InChI=1S/C12H19BrN4O2/c1-3-5-6-17-12(19)11(13)9(7-16-17)15-8-10(18)14-4-2/h7,15H,3-6,8H2,1-2H3,(H,14,18). The number of unbranched alkanes of at least 4 members (excludes halogenated alkanes) is 1. The van der Waals surface area contributed by atoms with Crippen LogP contribution in [0.1, 0.15) is 26.7 Å². The summed E-state index contributed by atoms with van der Waals surface area (Å²) >= 11 is 3.24. The largest absolute Gasteiger partial charge is 0.374 e. The Balaban J connectivity index is 2.73. The van der Waals surface area contributed by atoms with Gasteiger partial charge in [0.05, 0.1) is 18.4 Å². The van der Waals surface area contributed by atoms with Crippen LogP contribution in [0.2, 0.25) is 0 Å². The van der Waals surface area contributed by atoms with E-state index in [9.17, 15) is 9.59 Å². The van der Waals surface area contributed by atoms with Gasteiger partial charge in [0.25, 0.3) is 5.56 Å². The van der Waals surface area contributed by atoms with Gasteiger partial charge >= 0.3 is 0 Å². The lowest BCUT2D eigenvalue weighted by molar-refractivity contribution is -0.119. The van der Waals surface area contributed by atoms with Crippen molar-refractivity contribution in [1.29, 1.82) is 0 Å². The first kappa shape index (κ1) is 15.7. The Morgan fingerprint density at radius 3 is 2.84 bits per heavy atom. The van der Waals surface area contributed by atoms with Crippen molar-refractivity contribution in [2.45, 2.75) is 33.2 Å². The maximum absolute atomic E-state index is 12.0. The van der Waals surface area contributed by atoms with Gasteiger partial charge in [-0.15, -0.1) is 0 Å². The number of rotatable bonds is 7. The van der Waals surface area contributed by atoms with Gasteiger partial charge < -0.3 is 10.6 Å². The van der Waals surface area contributed by atoms with Gasteiger partial charge in [-0.2, -0.15) is 5.10 Å². The van der Waals surface area contributed by atoms with Crippen LogP contribution in [0.3, 0.4) is 0 Å². The molecule has 0 atom stereocenters. The fourth-order valence-electron chi connectivity index (χ4n) is 1.49. The molecule has 7 heteroatoms. The Hall–Kier alpha value is -1.37. The molecule has 0 saturated carbocycles. The van der Waals surface area contributed by atoms with Crippen LogP contribution in [-0.4, -0.2) is 28.8 Å². The SMILES string of the molecule is CCCCn1ncc(NCC(=O)NCC)c(Br)c1=O. The van der Waals surface area contributed by atoms with Crippen molar-refractivity contribution in [1.82, 2.24) is 15.1 Å². The zero-order valence-corrected chi connectivity index (χ0v) is 12.8. The van der Waals surface area contributed by atoms with Crippen LogP contribution in [0.25, 0.3) is 0 Å². The van der Waals surface area contributed by atoms with Crippen LogP contribution in [0.5, 0.6) is 0 Å². The van der Waals surface area contributed by atoms with Crippen molar-refractivity contribution in [2.24, 2.45) is 0 Å². The number of carbonyl (C=O) groups excluding carboxylic acids is 1. The number of aryl methyl sites for hydroxylation is 1. The van der Waals surface area contributed by atoms with E-state index in [4.69, 9.17) is 0 Å². The third-order valence-electron chi connectivity index (χ3n) is 2.52. The molecule has 0 aliphatic heterocycles. The summed E-state index contributed by atoms with van der Waals surface area (Å²) in [6.07, 6.45) is 3.47. The van der Waals surface area contributed by atoms with E-state index in [-0.39, 0.29) is 18.0 Å². The van der Waals surface area contributed by atoms with Crippen LogP contribution in [0, 0.1) is 0 Å². The summed E-state index contributed by atoms with van der Waals surface area (Å²) < 4.78 is 1.83. The summed E-state index contributed by atoms with van der Waals surface area (Å²) in [4.78, 5) is 23.3. The fourth-order valence-corrected chi connectivity index (χ4v) is 1.94. The first-order valence-corrected chi connectivity index (χ1v) is 7.15. The Labute approximate surface area is 120 Å². The second kappa shape index (κ2) is 7.93. The number of aromatic nitrogens is 2. The first-order valence-electron chi connectivity index (χ1n) is 6.36. The molecule has 2 N–H and O–H groups in total. The van der Waals surface area contributed by atoms with Crippen molar-refractivity contribution in [3.05, 3.63) is 21.0 Å². The smallest absolute Gasteiger partial charge is 0.283 e. The Morgan fingerprint density at radius 2 is 2.21 bits per heavy atom. The number of halogens is 1. The van der Waals surface area contributed by atoms with Crippen molar-refractivity contribution in [2.75, 3.05) is 18.4 Å². The molecule has 0 spiro atoms. The van der Waals surface area contributed by atoms with E-state index >= 15 is 0 Å². The molecule has 19 heavy (non-hydrogen) atoms. The molecule has 0 aromatic carbocycles. The van der Waals surface area contributed by atoms with Gasteiger partial charge in [0.15, 0.2) is 0 Å². The van der Waals surface area contributed by atoms with Crippen molar-refractivity contribution < 1.29 is 4.79 Å². The van der Waals surface area contributed by atoms with E-state index in [2.05, 4.69) is 38.6 Å². The lowest BCUT2D eigenvalue weighted by Gasteiger charge is -2.10. The van der Waals surface area contributed by atoms with Gasteiger partial charge in [-0.1, -0.05) is 13.3 Å². The molecular weight excluding hydrogens is 312 g/mol. The minimum Gasteiger partial charge on any atom is -0.374 e. The third-order valence-corrected chi connectivity index (χ3v) is 3.29. The van der Waals surface area contributed by atoms with E-state index in [1.165, 1.54) is 4.68 Å². The molecule has 0 fully saturated rings. The molecule has 1 aromatic rings. The van der Waals surface area contributed by atoms with Crippen LogP contribution in [0.15, 0.2) is 15.5 Å². The van der Waals surface area contributed by atoms with Gasteiger partial charge in [-0.25, -0.2) is 4.68 Å². The Kier molecular flexibility index (Phi) is 6.55. The zero-order valence-electron chi connectivity index (χ0n) is 11.2. The monoisotopic (exact) mass is 330 g/mol. The van der Waals surface area contributed by atoms with Crippen LogP contribution < -0.4 is 16.2 Å². The molecule has 0 aliphatic carbocycles. The van der Waals surface area contributed by atoms with E-state index in [0.29, 0.717) is 23.2 Å². The predicted molar refractivity (Wildman–Crippen MR) is 78.3 cm³/mol. The molecule has 0 radical (unpaired) electrons. The number of anilines is 1. The van der Waals surface area contributed by atoms with Gasteiger partial charge in [0, 0.05) is 13.1 Å². The summed E-state index contributed by atoms with van der Waals surface area (Å²) in [6.45, 7) is 5.21. The fraction of sp³-hybridized carbons (Fsp3) is 0.583. The van der Waals surface area contributed by atoms with E-state index in [1.54, 1.807) is 6.20 Å². The molecule has 106 valence electrons. The molecule has 0 unspecified atom stereocenters. The van der Waals surface area contributed by atoms with E-state index < -0.39 is 0 Å². The number of likely N-dealkylation sites (N-methyl/N-ethyl adjacent to an activating group) is 1. The number of carbonyl (C=O) groups is 1. The molecule has 1 aromatic heterocycles. The topological polar surface area (TPSA) is 76.0 Å². The minimum atomic E-state index is -0.186. The van der Waals surface area contributed by atoms with Crippen molar-refractivity contribution in [3.8, 4) is 0 Å². The Bertz CT molecular complexity index is 487. The van der Waals surface area contributed by atoms with Gasteiger partial charge in [-0.05, 0) is 29.3 Å². The first-order chi connectivity index (χ1) is 9.10. The highest BCUT2D eigenvalue weighted by atomic mass is 79.9. The number of hydrogen-bond acceptors (Lipinski definition) is 4. The second-order valence-electron chi connectivity index (χ2n) is 4.06. The average molecular weight is 331 g/mol. The van der Waals surface area contributed by atoms with Gasteiger partial charge in [0.1, 0.15) is 4.47 Å². The van der Waals surface area contributed by atoms with Gasteiger partial charge in [-0.3, -0.25) is 9.59 Å². The summed E-state index contributed by atoms with van der Waals surface area (Å²) in [6, 6.07) is 0. The highest BCUT2D eigenvalue weighted by Crippen LogP contribution is 2.15. The van der Waals surface area contributed by atoms with E-state index in [0.717, 1.165) is 12.8 Å². The summed E-state index contributed by atoms with van der Waals surface area (Å²) in [5.74, 6) is -0.121. The normalized spacial score (nSPS) is 10.3. The maximum atomic E-state index is 12.0. The number of amides is 1. The lowest BCUT2D eigenvalue weighted by Crippen LogP contribution is -2.30. The summed E-state index contributed by atoms with van der Waals surface area (Å²) in [5.41, 5.74) is 0.346. The Morgan fingerprint density at radius 1 is 1.47 bits per heavy atom. The summed E-state index contributed by atoms with van der Waals surface area (Å²) in [7, 11) is 0. The minimum absolute atomic E-state index is 0.118. The van der Waals surface area contributed by atoms with Gasteiger partial charge in [0.2, 0.25) is 5.91 Å². The van der Waals surface area contributed by atoms with Crippen LogP contribution in [-0.2, 0) is 11.3 Å². The molecule has 1 heterocycles. The highest BCUT2D eigenvalue weighted by Gasteiger charge is 2.09. The molecule has 0 saturated heterocycles. The van der Waals surface area contributed by atoms with Crippen LogP contribution >= 0.6 is 15.9 Å². The molecular formula is C12H19BrN4O2. The summed E-state index contributed by atoms with van der Waals surface area (Å²) in [5, 5.41) is 9.64. The number of hydrogen-bond donors (Lipinski definition) is 2. The predicted octanol–water partition coefficient (Wildman–Crippen LogP) is 1.35. The average Bonchev–Trinajstić information content (AvgIpc) is 2.40. The number of nitrogens with zero attached hydrogens (tertiary/aromatic N) is 2. The molecule has 0 bridgehead atoms. The quantitative estimate of drug-likeness (QED) is 0.791. The highest BCUT2D eigenvalue weighted by molar-refractivity contribution is 9.10. The zero-order chi connectivity index (χ0) is 14.3. The molecule has 1 rings (SSSR count). The number of nitrogens with one attached hydrogen (secondary N) is 2. The maximum Gasteiger partial charge on any atom is 0.283 e. The third kappa shape index (κ3) is 4.66. The van der Waals surface area contributed by atoms with Crippen molar-refractivity contribution >= 4 is 27.5 Å². The molecule has 0 aliphatic rings. The van der Waals surface area contributed by atoms with E-state index in [1.807, 2.05) is 6.92 Å². The van der Waals surface area contributed by atoms with Crippen molar-refractivity contribution in [3.63, 3.8) is 0 Å². The second-order valence-corrected chi connectivity index (χ2v) is 4.85. The molecule has 6 nitrogen and oxygen atoms in total.